The molecule has 0 saturated heterocycles. The van der Waals surface area contributed by atoms with Gasteiger partial charge in [0.25, 0.3) is 0 Å². The van der Waals surface area contributed by atoms with Gasteiger partial charge in [-0.2, -0.15) is 5.26 Å². The molecule has 1 aromatic heterocycles. The minimum Gasteiger partial charge on any atom is -0.263 e. The minimum atomic E-state index is 0.633. The fraction of sp³-hybridized carbons (Fsp3) is 0.294. The van der Waals surface area contributed by atoms with Crippen LogP contribution in [0.1, 0.15) is 35.1 Å². The molecule has 1 aromatic carbocycles. The van der Waals surface area contributed by atoms with Crippen LogP contribution in [0.5, 0.6) is 0 Å². The largest absolute Gasteiger partial charge is 0.263 e. The van der Waals surface area contributed by atoms with E-state index >= 15 is 0 Å². The first kappa shape index (κ1) is 13.2. The molecule has 20 heavy (non-hydrogen) atoms. The molecule has 2 nitrogen and oxygen atoms in total. The Morgan fingerprint density at radius 2 is 1.95 bits per heavy atom. The molecule has 0 bridgehead atoms. The molecular weight excluding hydrogens is 264 g/mol. The summed E-state index contributed by atoms with van der Waals surface area (Å²) >= 11 is 1.82. The summed E-state index contributed by atoms with van der Waals surface area (Å²) in [6.45, 7) is 0. The van der Waals surface area contributed by atoms with Gasteiger partial charge in [-0.15, -0.1) is 11.8 Å². The Morgan fingerprint density at radius 3 is 2.80 bits per heavy atom. The van der Waals surface area contributed by atoms with E-state index in [1.165, 1.54) is 41.7 Å². The van der Waals surface area contributed by atoms with Gasteiger partial charge in [-0.3, -0.25) is 4.98 Å². The van der Waals surface area contributed by atoms with Crippen molar-refractivity contribution in [3.8, 4) is 6.07 Å². The van der Waals surface area contributed by atoms with Crippen molar-refractivity contribution in [1.82, 2.24) is 4.98 Å². The van der Waals surface area contributed by atoms with Crippen molar-refractivity contribution in [2.45, 2.75) is 36.3 Å². The summed E-state index contributed by atoms with van der Waals surface area (Å²) in [5.41, 5.74) is 4.78. The molecule has 1 heterocycles. The van der Waals surface area contributed by atoms with Crippen molar-refractivity contribution in [3.05, 3.63) is 58.9 Å². The van der Waals surface area contributed by atoms with Gasteiger partial charge in [0, 0.05) is 23.0 Å². The predicted molar refractivity (Wildman–Crippen MR) is 81.6 cm³/mol. The average molecular weight is 280 g/mol. The van der Waals surface area contributed by atoms with E-state index in [0.29, 0.717) is 5.56 Å². The molecule has 100 valence electrons. The number of fused-ring (bicyclic) bond motifs is 1. The second-order valence-electron chi connectivity index (χ2n) is 5.12. The molecule has 0 fully saturated rings. The molecule has 3 rings (SSSR count). The van der Waals surface area contributed by atoms with Crippen molar-refractivity contribution in [2.75, 3.05) is 0 Å². The van der Waals surface area contributed by atoms with Crippen molar-refractivity contribution in [1.29, 1.82) is 5.26 Å². The zero-order valence-electron chi connectivity index (χ0n) is 11.3. The van der Waals surface area contributed by atoms with E-state index in [4.69, 9.17) is 5.26 Å². The van der Waals surface area contributed by atoms with Crippen molar-refractivity contribution >= 4 is 11.8 Å². The summed E-state index contributed by atoms with van der Waals surface area (Å²) in [5, 5.41) is 8.88. The van der Waals surface area contributed by atoms with Gasteiger partial charge < -0.3 is 0 Å². The standard InChI is InChI=1S/C17H16N2S/c18-9-13-7-14(11-19-10-13)12-20-17-6-5-15-3-1-2-4-16(15)8-17/h5-8,10-11H,1-4,12H2. The van der Waals surface area contributed by atoms with E-state index in [2.05, 4.69) is 29.3 Å². The fourth-order valence-corrected chi connectivity index (χ4v) is 3.47. The summed E-state index contributed by atoms with van der Waals surface area (Å²) in [6, 6.07) is 10.9. The van der Waals surface area contributed by atoms with Gasteiger partial charge in [-0.05, 0) is 60.6 Å². The summed E-state index contributed by atoms with van der Waals surface area (Å²) in [7, 11) is 0. The third kappa shape index (κ3) is 3.02. The predicted octanol–water partition coefficient (Wildman–Crippen LogP) is 4.12. The second kappa shape index (κ2) is 6.11. The van der Waals surface area contributed by atoms with Gasteiger partial charge in [0.2, 0.25) is 0 Å². The molecule has 0 N–H and O–H groups in total. The molecule has 0 radical (unpaired) electrons. The minimum absolute atomic E-state index is 0.633. The molecular formula is C17H16N2S. The molecule has 0 atom stereocenters. The summed E-state index contributed by atoms with van der Waals surface area (Å²) in [4.78, 5) is 5.42. The lowest BCUT2D eigenvalue weighted by Crippen LogP contribution is -2.02. The van der Waals surface area contributed by atoms with E-state index in [1.54, 1.807) is 6.20 Å². The van der Waals surface area contributed by atoms with E-state index in [-0.39, 0.29) is 0 Å². The van der Waals surface area contributed by atoms with Crippen LogP contribution in [0.15, 0.2) is 41.6 Å². The summed E-state index contributed by atoms with van der Waals surface area (Å²) < 4.78 is 0. The van der Waals surface area contributed by atoms with Gasteiger partial charge >= 0.3 is 0 Å². The number of pyridine rings is 1. The Kier molecular flexibility index (Phi) is 4.03. The highest BCUT2D eigenvalue weighted by Gasteiger charge is 2.09. The number of thioether (sulfide) groups is 1. The number of aromatic nitrogens is 1. The SMILES string of the molecule is N#Cc1cncc(CSc2ccc3c(c2)CCCC3)c1. The molecule has 0 amide bonds. The number of nitrogens with zero attached hydrogens (tertiary/aromatic N) is 2. The number of nitriles is 1. The lowest BCUT2D eigenvalue weighted by atomic mass is 9.92. The Hall–Kier alpha value is -1.79. The summed E-state index contributed by atoms with van der Waals surface area (Å²) in [6.07, 6.45) is 8.53. The van der Waals surface area contributed by atoms with Gasteiger partial charge in [-0.25, -0.2) is 0 Å². The maximum atomic E-state index is 8.88. The zero-order chi connectivity index (χ0) is 13.8. The maximum Gasteiger partial charge on any atom is 0.101 e. The smallest absolute Gasteiger partial charge is 0.101 e. The number of hydrogen-bond donors (Lipinski definition) is 0. The van der Waals surface area contributed by atoms with Gasteiger partial charge in [0.15, 0.2) is 0 Å². The van der Waals surface area contributed by atoms with Gasteiger partial charge in [0.1, 0.15) is 6.07 Å². The van der Waals surface area contributed by atoms with Crippen LogP contribution in [-0.4, -0.2) is 4.98 Å². The van der Waals surface area contributed by atoms with Crippen molar-refractivity contribution < 1.29 is 0 Å². The number of aryl methyl sites for hydroxylation is 2. The van der Waals surface area contributed by atoms with Crippen LogP contribution in [0.25, 0.3) is 0 Å². The van der Waals surface area contributed by atoms with E-state index in [9.17, 15) is 0 Å². The topological polar surface area (TPSA) is 36.7 Å². The lowest BCUT2D eigenvalue weighted by Gasteiger charge is -2.16. The molecule has 0 saturated carbocycles. The number of benzene rings is 1. The van der Waals surface area contributed by atoms with Crippen LogP contribution < -0.4 is 0 Å². The second-order valence-corrected chi connectivity index (χ2v) is 6.17. The highest BCUT2D eigenvalue weighted by atomic mass is 32.2. The lowest BCUT2D eigenvalue weighted by molar-refractivity contribution is 0.683. The Bertz CT molecular complexity index is 658. The molecule has 1 aliphatic rings. The molecule has 1 aliphatic carbocycles. The normalized spacial score (nSPS) is 13.6. The van der Waals surface area contributed by atoms with Crippen LogP contribution in [0.4, 0.5) is 0 Å². The number of rotatable bonds is 3. The molecule has 0 spiro atoms. The van der Waals surface area contributed by atoms with E-state index in [0.717, 1.165) is 11.3 Å². The number of hydrogen-bond acceptors (Lipinski definition) is 3. The van der Waals surface area contributed by atoms with Crippen LogP contribution in [-0.2, 0) is 18.6 Å². The first-order valence-corrected chi connectivity index (χ1v) is 7.92. The van der Waals surface area contributed by atoms with Crippen LogP contribution in [0, 0.1) is 11.3 Å². The molecule has 3 heteroatoms. The molecule has 2 aromatic rings. The van der Waals surface area contributed by atoms with Crippen LogP contribution in [0.2, 0.25) is 0 Å². The average Bonchev–Trinajstić information content (AvgIpc) is 2.53. The highest BCUT2D eigenvalue weighted by molar-refractivity contribution is 7.98. The first-order chi connectivity index (χ1) is 9.85. The third-order valence-corrected chi connectivity index (χ3v) is 4.71. The molecule has 0 unspecified atom stereocenters. The first-order valence-electron chi connectivity index (χ1n) is 6.94. The molecule has 0 aliphatic heterocycles. The van der Waals surface area contributed by atoms with E-state index < -0.39 is 0 Å². The van der Waals surface area contributed by atoms with Crippen molar-refractivity contribution in [3.63, 3.8) is 0 Å². The van der Waals surface area contributed by atoms with Gasteiger partial charge in [0.05, 0.1) is 5.56 Å². The summed E-state index contributed by atoms with van der Waals surface area (Å²) in [5.74, 6) is 0.862. The Morgan fingerprint density at radius 1 is 1.10 bits per heavy atom. The van der Waals surface area contributed by atoms with Crippen molar-refractivity contribution in [2.24, 2.45) is 0 Å². The Labute approximate surface area is 123 Å². The maximum absolute atomic E-state index is 8.88. The van der Waals surface area contributed by atoms with Crippen LogP contribution in [0.3, 0.4) is 0 Å². The third-order valence-electron chi connectivity index (χ3n) is 3.65. The zero-order valence-corrected chi connectivity index (χ0v) is 12.1. The highest BCUT2D eigenvalue weighted by Crippen LogP contribution is 2.28. The van der Waals surface area contributed by atoms with Gasteiger partial charge in [-0.1, -0.05) is 6.07 Å². The van der Waals surface area contributed by atoms with E-state index in [1.807, 2.05) is 24.0 Å². The van der Waals surface area contributed by atoms with Crippen LogP contribution >= 0.6 is 11.8 Å². The fourth-order valence-electron chi connectivity index (χ4n) is 2.59. The monoisotopic (exact) mass is 280 g/mol. The quantitative estimate of drug-likeness (QED) is 0.793. The Balaban J connectivity index is 1.70.